The van der Waals surface area contributed by atoms with Crippen LogP contribution < -0.4 is 15.5 Å². The smallest absolute Gasteiger partial charge is 0.332 e. The molecule has 1 aromatic carbocycles. The molecule has 0 spiro atoms. The van der Waals surface area contributed by atoms with Crippen LogP contribution in [-0.2, 0) is 14.3 Å². The number of nitrogens with zero attached hydrogens (tertiary/aromatic N) is 2. The standard InChI is InChI=1S/C16H20N4O5/c1-11-14(22)19(10-13(21)18-15(23)17-8-9-25-2)16(24)20(11)12-6-4-3-5-7-12/h3-7,11H,8-10H2,1-2H3,(H2,17,18,21,23). The number of ether oxygens (including phenoxy) is 1. The van der Waals surface area contributed by atoms with Crippen molar-refractivity contribution in [3.63, 3.8) is 0 Å². The number of anilines is 1. The monoisotopic (exact) mass is 348 g/mol. The summed E-state index contributed by atoms with van der Waals surface area (Å²) in [5.41, 5.74) is 0.563. The van der Waals surface area contributed by atoms with Crippen molar-refractivity contribution in [1.29, 1.82) is 0 Å². The Morgan fingerprint density at radius 3 is 2.52 bits per heavy atom. The fourth-order valence-electron chi connectivity index (χ4n) is 2.41. The van der Waals surface area contributed by atoms with Gasteiger partial charge in [-0.05, 0) is 19.1 Å². The maximum absolute atomic E-state index is 12.5. The van der Waals surface area contributed by atoms with Gasteiger partial charge in [0.2, 0.25) is 5.91 Å². The van der Waals surface area contributed by atoms with Crippen molar-refractivity contribution in [2.45, 2.75) is 13.0 Å². The molecule has 1 fully saturated rings. The van der Waals surface area contributed by atoms with Gasteiger partial charge >= 0.3 is 12.1 Å². The van der Waals surface area contributed by atoms with Crippen LogP contribution in [0.4, 0.5) is 15.3 Å². The summed E-state index contributed by atoms with van der Waals surface area (Å²) in [7, 11) is 1.48. The fraction of sp³-hybridized carbons (Fsp3) is 0.375. The van der Waals surface area contributed by atoms with Crippen molar-refractivity contribution >= 4 is 29.6 Å². The normalized spacial score (nSPS) is 17.0. The Morgan fingerprint density at radius 2 is 1.88 bits per heavy atom. The summed E-state index contributed by atoms with van der Waals surface area (Å²) < 4.78 is 4.77. The first-order valence-corrected chi connectivity index (χ1v) is 7.72. The summed E-state index contributed by atoms with van der Waals surface area (Å²) in [6.45, 7) is 1.59. The molecule has 134 valence electrons. The van der Waals surface area contributed by atoms with E-state index in [-0.39, 0.29) is 6.54 Å². The number of para-hydroxylation sites is 1. The summed E-state index contributed by atoms with van der Waals surface area (Å²) in [5, 5.41) is 4.48. The lowest BCUT2D eigenvalue weighted by molar-refractivity contribution is -0.131. The first-order chi connectivity index (χ1) is 12.0. The van der Waals surface area contributed by atoms with E-state index in [0.717, 1.165) is 4.90 Å². The SMILES string of the molecule is COCCNC(=O)NC(=O)CN1C(=O)C(C)N(c2ccccc2)C1=O. The number of methoxy groups -OCH3 is 1. The van der Waals surface area contributed by atoms with Crippen LogP contribution in [0.2, 0.25) is 0 Å². The molecule has 6 amide bonds. The average Bonchev–Trinajstić information content (AvgIpc) is 2.79. The van der Waals surface area contributed by atoms with E-state index in [4.69, 9.17) is 4.74 Å². The highest BCUT2D eigenvalue weighted by molar-refractivity contribution is 6.15. The van der Waals surface area contributed by atoms with E-state index in [1.807, 2.05) is 0 Å². The molecule has 0 aromatic heterocycles. The van der Waals surface area contributed by atoms with Gasteiger partial charge in [-0.3, -0.25) is 24.7 Å². The van der Waals surface area contributed by atoms with Crippen LogP contribution in [0.5, 0.6) is 0 Å². The molecule has 25 heavy (non-hydrogen) atoms. The van der Waals surface area contributed by atoms with Gasteiger partial charge < -0.3 is 10.1 Å². The minimum atomic E-state index is -0.751. The van der Waals surface area contributed by atoms with Crippen molar-refractivity contribution in [3.8, 4) is 0 Å². The summed E-state index contributed by atoms with van der Waals surface area (Å²) in [6, 6.07) is 6.66. The second kappa shape index (κ2) is 8.25. The number of carbonyl (C=O) groups excluding carboxylic acids is 4. The van der Waals surface area contributed by atoms with Crippen LogP contribution in [0.3, 0.4) is 0 Å². The van der Waals surface area contributed by atoms with Crippen molar-refractivity contribution in [1.82, 2.24) is 15.5 Å². The van der Waals surface area contributed by atoms with Gasteiger partial charge in [0, 0.05) is 19.3 Å². The number of rotatable bonds is 6. The molecule has 1 aliphatic rings. The van der Waals surface area contributed by atoms with Crippen LogP contribution in [0, 0.1) is 0 Å². The average molecular weight is 348 g/mol. The zero-order chi connectivity index (χ0) is 18.4. The molecule has 0 radical (unpaired) electrons. The molecule has 1 saturated heterocycles. The van der Waals surface area contributed by atoms with Crippen LogP contribution in [0.25, 0.3) is 0 Å². The minimum absolute atomic E-state index is 0.232. The van der Waals surface area contributed by atoms with E-state index in [0.29, 0.717) is 12.3 Å². The third-order valence-corrected chi connectivity index (χ3v) is 3.63. The first kappa shape index (κ1) is 18.4. The van der Waals surface area contributed by atoms with Crippen molar-refractivity contribution in [2.24, 2.45) is 0 Å². The lowest BCUT2D eigenvalue weighted by Crippen LogP contribution is -2.47. The molecule has 0 aliphatic carbocycles. The molecule has 9 heteroatoms. The van der Waals surface area contributed by atoms with Gasteiger partial charge in [0.15, 0.2) is 0 Å². The third kappa shape index (κ3) is 4.32. The quantitative estimate of drug-likeness (QED) is 0.568. The molecule has 1 heterocycles. The van der Waals surface area contributed by atoms with E-state index >= 15 is 0 Å². The van der Waals surface area contributed by atoms with Crippen LogP contribution in [0.15, 0.2) is 30.3 Å². The van der Waals surface area contributed by atoms with Gasteiger partial charge in [0.05, 0.1) is 6.61 Å². The summed E-state index contributed by atoms with van der Waals surface area (Å²) >= 11 is 0. The summed E-state index contributed by atoms with van der Waals surface area (Å²) in [6.07, 6.45) is 0. The third-order valence-electron chi connectivity index (χ3n) is 3.63. The Kier molecular flexibility index (Phi) is 6.07. The van der Waals surface area contributed by atoms with Gasteiger partial charge in [0.1, 0.15) is 12.6 Å². The molecule has 0 saturated carbocycles. The largest absolute Gasteiger partial charge is 0.383 e. The summed E-state index contributed by atoms with van der Waals surface area (Å²) in [4.78, 5) is 50.4. The lowest BCUT2D eigenvalue weighted by atomic mass is 10.2. The molecule has 0 bridgehead atoms. The first-order valence-electron chi connectivity index (χ1n) is 7.72. The maximum atomic E-state index is 12.5. The van der Waals surface area contributed by atoms with E-state index in [1.165, 1.54) is 12.0 Å². The Hall–Kier alpha value is -2.94. The molecule has 2 N–H and O–H groups in total. The van der Waals surface area contributed by atoms with E-state index < -0.39 is 36.5 Å². The van der Waals surface area contributed by atoms with Crippen LogP contribution >= 0.6 is 0 Å². The molecule has 2 rings (SSSR count). The number of amides is 6. The van der Waals surface area contributed by atoms with E-state index in [9.17, 15) is 19.2 Å². The van der Waals surface area contributed by atoms with E-state index in [1.54, 1.807) is 37.3 Å². The summed E-state index contributed by atoms with van der Waals surface area (Å²) in [5.74, 6) is -1.25. The Bertz CT molecular complexity index is 664. The van der Waals surface area contributed by atoms with E-state index in [2.05, 4.69) is 10.6 Å². The van der Waals surface area contributed by atoms with Gasteiger partial charge in [-0.2, -0.15) is 0 Å². The molecular formula is C16H20N4O5. The van der Waals surface area contributed by atoms with Crippen LogP contribution in [0.1, 0.15) is 6.92 Å². The number of hydrogen-bond donors (Lipinski definition) is 2. The number of urea groups is 2. The molecule has 1 unspecified atom stereocenters. The zero-order valence-electron chi connectivity index (χ0n) is 14.0. The maximum Gasteiger partial charge on any atom is 0.332 e. The van der Waals surface area contributed by atoms with Gasteiger partial charge in [0.25, 0.3) is 5.91 Å². The molecule has 1 aromatic rings. The van der Waals surface area contributed by atoms with Crippen molar-refractivity contribution in [2.75, 3.05) is 31.7 Å². The lowest BCUT2D eigenvalue weighted by Gasteiger charge is -2.19. The second-order valence-electron chi connectivity index (χ2n) is 5.39. The predicted octanol–water partition coefficient (Wildman–Crippen LogP) is 0.316. The highest BCUT2D eigenvalue weighted by Crippen LogP contribution is 2.25. The number of nitrogens with one attached hydrogen (secondary N) is 2. The number of benzene rings is 1. The van der Waals surface area contributed by atoms with Crippen molar-refractivity contribution < 1.29 is 23.9 Å². The van der Waals surface area contributed by atoms with Crippen LogP contribution in [-0.4, -0.2) is 61.6 Å². The Balaban J connectivity index is 1.98. The number of hydrogen-bond acceptors (Lipinski definition) is 5. The minimum Gasteiger partial charge on any atom is -0.383 e. The second-order valence-corrected chi connectivity index (χ2v) is 5.39. The Morgan fingerprint density at radius 1 is 1.20 bits per heavy atom. The molecule has 9 nitrogen and oxygen atoms in total. The highest BCUT2D eigenvalue weighted by Gasteiger charge is 2.44. The molecule has 1 atom stereocenters. The molecule has 1 aliphatic heterocycles. The zero-order valence-corrected chi connectivity index (χ0v) is 14.0. The van der Waals surface area contributed by atoms with Gasteiger partial charge in [-0.15, -0.1) is 0 Å². The van der Waals surface area contributed by atoms with Gasteiger partial charge in [-0.25, -0.2) is 9.59 Å². The number of carbonyl (C=O) groups is 4. The highest BCUT2D eigenvalue weighted by atomic mass is 16.5. The molecular weight excluding hydrogens is 328 g/mol. The van der Waals surface area contributed by atoms with Gasteiger partial charge in [-0.1, -0.05) is 18.2 Å². The Labute approximate surface area is 144 Å². The van der Waals surface area contributed by atoms with Crippen molar-refractivity contribution in [3.05, 3.63) is 30.3 Å². The number of imide groups is 2. The predicted molar refractivity (Wildman–Crippen MR) is 88.9 cm³/mol. The topological polar surface area (TPSA) is 108 Å². The fourth-order valence-corrected chi connectivity index (χ4v) is 2.41.